The molecule has 150 valence electrons. The SMILES string of the molecule is COc1ccccc1OCCNC(=O)C1CCN(Cc2ccc(C)cc2)CC1. The van der Waals surface area contributed by atoms with Gasteiger partial charge in [0.05, 0.1) is 13.7 Å². The highest BCUT2D eigenvalue weighted by Crippen LogP contribution is 2.25. The molecule has 0 saturated carbocycles. The molecule has 1 heterocycles. The van der Waals surface area contributed by atoms with Gasteiger partial charge in [0.25, 0.3) is 0 Å². The van der Waals surface area contributed by atoms with Crippen LogP contribution >= 0.6 is 0 Å². The molecule has 1 aliphatic rings. The van der Waals surface area contributed by atoms with Crippen LogP contribution in [0.15, 0.2) is 48.5 Å². The van der Waals surface area contributed by atoms with E-state index in [9.17, 15) is 4.79 Å². The molecule has 0 radical (unpaired) electrons. The fraction of sp³-hybridized carbons (Fsp3) is 0.435. The number of carbonyl (C=O) groups is 1. The number of benzene rings is 2. The Morgan fingerprint density at radius 1 is 1.07 bits per heavy atom. The fourth-order valence-corrected chi connectivity index (χ4v) is 3.52. The second kappa shape index (κ2) is 10.1. The predicted octanol–water partition coefficient (Wildman–Crippen LogP) is 3.41. The number of hydrogen-bond donors (Lipinski definition) is 1. The smallest absolute Gasteiger partial charge is 0.223 e. The number of piperidine rings is 1. The van der Waals surface area contributed by atoms with Crippen LogP contribution in [0.25, 0.3) is 0 Å². The van der Waals surface area contributed by atoms with Crippen molar-refractivity contribution in [3.8, 4) is 11.5 Å². The van der Waals surface area contributed by atoms with Crippen molar-refractivity contribution in [2.24, 2.45) is 5.92 Å². The summed E-state index contributed by atoms with van der Waals surface area (Å²) < 4.78 is 11.0. The van der Waals surface area contributed by atoms with Gasteiger partial charge in [0.15, 0.2) is 11.5 Å². The lowest BCUT2D eigenvalue weighted by molar-refractivity contribution is -0.126. The van der Waals surface area contributed by atoms with Gasteiger partial charge in [0, 0.05) is 12.5 Å². The van der Waals surface area contributed by atoms with Crippen molar-refractivity contribution in [1.29, 1.82) is 0 Å². The number of carbonyl (C=O) groups excluding carboxylic acids is 1. The Kier molecular flexibility index (Phi) is 7.31. The van der Waals surface area contributed by atoms with E-state index in [4.69, 9.17) is 9.47 Å². The standard InChI is InChI=1S/C23H30N2O3/c1-18-7-9-19(10-8-18)17-25-14-11-20(12-15-25)23(26)24-13-16-28-22-6-4-3-5-21(22)27-2/h3-10,20H,11-17H2,1-2H3,(H,24,26). The molecule has 5 nitrogen and oxygen atoms in total. The van der Waals surface area contributed by atoms with Gasteiger partial charge in [-0.3, -0.25) is 9.69 Å². The molecular formula is C23H30N2O3. The van der Waals surface area contributed by atoms with Crippen molar-refractivity contribution < 1.29 is 14.3 Å². The number of rotatable bonds is 8. The average molecular weight is 383 g/mol. The largest absolute Gasteiger partial charge is 0.493 e. The van der Waals surface area contributed by atoms with E-state index in [2.05, 4.69) is 41.4 Å². The fourth-order valence-electron chi connectivity index (χ4n) is 3.52. The van der Waals surface area contributed by atoms with Crippen LogP contribution in [0.3, 0.4) is 0 Å². The van der Waals surface area contributed by atoms with E-state index in [1.54, 1.807) is 7.11 Å². The maximum Gasteiger partial charge on any atom is 0.223 e. The average Bonchev–Trinajstić information content (AvgIpc) is 2.73. The van der Waals surface area contributed by atoms with Gasteiger partial charge in [-0.05, 0) is 50.6 Å². The van der Waals surface area contributed by atoms with Gasteiger partial charge in [-0.2, -0.15) is 0 Å². The van der Waals surface area contributed by atoms with Gasteiger partial charge < -0.3 is 14.8 Å². The Hall–Kier alpha value is -2.53. The van der Waals surface area contributed by atoms with Crippen LogP contribution in [0.4, 0.5) is 0 Å². The second-order valence-corrected chi connectivity index (χ2v) is 7.33. The van der Waals surface area contributed by atoms with Crippen molar-refractivity contribution in [2.75, 3.05) is 33.4 Å². The Morgan fingerprint density at radius 3 is 2.43 bits per heavy atom. The van der Waals surface area contributed by atoms with Crippen LogP contribution in [-0.2, 0) is 11.3 Å². The Labute approximate surface area is 167 Å². The zero-order valence-corrected chi connectivity index (χ0v) is 16.8. The lowest BCUT2D eigenvalue weighted by Crippen LogP contribution is -2.41. The van der Waals surface area contributed by atoms with Gasteiger partial charge in [-0.25, -0.2) is 0 Å². The number of nitrogens with one attached hydrogen (secondary N) is 1. The molecule has 0 unspecified atom stereocenters. The molecule has 3 rings (SSSR count). The van der Waals surface area contributed by atoms with E-state index in [1.165, 1.54) is 11.1 Å². The van der Waals surface area contributed by atoms with Crippen LogP contribution in [0.1, 0.15) is 24.0 Å². The molecule has 2 aromatic carbocycles. The zero-order chi connectivity index (χ0) is 19.8. The highest BCUT2D eigenvalue weighted by molar-refractivity contribution is 5.78. The van der Waals surface area contributed by atoms with E-state index in [0.717, 1.165) is 32.5 Å². The highest BCUT2D eigenvalue weighted by atomic mass is 16.5. The number of likely N-dealkylation sites (tertiary alicyclic amines) is 1. The van der Waals surface area contributed by atoms with Crippen molar-refractivity contribution in [2.45, 2.75) is 26.3 Å². The molecule has 1 amide bonds. The summed E-state index contributed by atoms with van der Waals surface area (Å²) in [6.07, 6.45) is 1.82. The van der Waals surface area contributed by atoms with Gasteiger partial charge >= 0.3 is 0 Å². The first-order chi connectivity index (χ1) is 13.7. The molecule has 1 N–H and O–H groups in total. The summed E-state index contributed by atoms with van der Waals surface area (Å²) in [5, 5.41) is 3.01. The minimum absolute atomic E-state index is 0.0977. The zero-order valence-electron chi connectivity index (χ0n) is 16.8. The summed E-state index contributed by atoms with van der Waals surface area (Å²) in [5.41, 5.74) is 2.62. The predicted molar refractivity (Wildman–Crippen MR) is 111 cm³/mol. The lowest BCUT2D eigenvalue weighted by atomic mass is 9.95. The first kappa shape index (κ1) is 20.2. The lowest BCUT2D eigenvalue weighted by Gasteiger charge is -2.31. The van der Waals surface area contributed by atoms with Crippen LogP contribution in [0.5, 0.6) is 11.5 Å². The summed E-state index contributed by atoms with van der Waals surface area (Å²) in [4.78, 5) is 14.9. The summed E-state index contributed by atoms with van der Waals surface area (Å²) in [7, 11) is 1.62. The Morgan fingerprint density at radius 2 is 1.75 bits per heavy atom. The molecule has 0 bridgehead atoms. The monoisotopic (exact) mass is 382 g/mol. The summed E-state index contributed by atoms with van der Waals surface area (Å²) >= 11 is 0. The third-order valence-corrected chi connectivity index (χ3v) is 5.21. The van der Waals surface area contributed by atoms with Crippen LogP contribution in [0, 0.1) is 12.8 Å². The van der Waals surface area contributed by atoms with E-state index < -0.39 is 0 Å². The number of nitrogens with zero attached hydrogens (tertiary/aromatic N) is 1. The number of para-hydroxylation sites is 2. The number of hydrogen-bond acceptors (Lipinski definition) is 4. The normalized spacial score (nSPS) is 15.2. The minimum atomic E-state index is 0.0977. The summed E-state index contributed by atoms with van der Waals surface area (Å²) in [6, 6.07) is 16.2. The van der Waals surface area contributed by atoms with Crippen LogP contribution in [0.2, 0.25) is 0 Å². The van der Waals surface area contributed by atoms with Crippen LogP contribution < -0.4 is 14.8 Å². The van der Waals surface area contributed by atoms with Gasteiger partial charge in [-0.15, -0.1) is 0 Å². The van der Waals surface area contributed by atoms with Crippen molar-refractivity contribution in [3.63, 3.8) is 0 Å². The topological polar surface area (TPSA) is 50.8 Å². The summed E-state index contributed by atoms with van der Waals surface area (Å²) in [5.74, 6) is 1.64. The molecule has 1 saturated heterocycles. The Bertz CT molecular complexity index is 753. The number of ether oxygens (including phenoxy) is 2. The quantitative estimate of drug-likeness (QED) is 0.711. The molecule has 28 heavy (non-hydrogen) atoms. The third kappa shape index (κ3) is 5.73. The first-order valence-corrected chi connectivity index (χ1v) is 9.97. The van der Waals surface area contributed by atoms with Crippen LogP contribution in [-0.4, -0.2) is 44.2 Å². The molecule has 0 atom stereocenters. The molecule has 0 aliphatic carbocycles. The van der Waals surface area contributed by atoms with Gasteiger partial charge in [0.2, 0.25) is 5.91 Å². The third-order valence-electron chi connectivity index (χ3n) is 5.21. The van der Waals surface area contributed by atoms with E-state index >= 15 is 0 Å². The highest BCUT2D eigenvalue weighted by Gasteiger charge is 2.24. The van der Waals surface area contributed by atoms with E-state index in [-0.39, 0.29) is 11.8 Å². The van der Waals surface area contributed by atoms with Crippen molar-refractivity contribution in [3.05, 3.63) is 59.7 Å². The maximum atomic E-state index is 12.4. The van der Waals surface area contributed by atoms with E-state index in [0.29, 0.717) is 24.7 Å². The minimum Gasteiger partial charge on any atom is -0.493 e. The van der Waals surface area contributed by atoms with Crippen molar-refractivity contribution in [1.82, 2.24) is 10.2 Å². The Balaban J connectivity index is 1.35. The molecule has 2 aromatic rings. The van der Waals surface area contributed by atoms with Crippen molar-refractivity contribution >= 4 is 5.91 Å². The second-order valence-electron chi connectivity index (χ2n) is 7.33. The molecular weight excluding hydrogens is 352 g/mol. The number of aryl methyl sites for hydroxylation is 1. The van der Waals surface area contributed by atoms with E-state index in [1.807, 2.05) is 24.3 Å². The van der Waals surface area contributed by atoms with Gasteiger partial charge in [0.1, 0.15) is 6.61 Å². The number of amides is 1. The first-order valence-electron chi connectivity index (χ1n) is 9.97. The number of methoxy groups -OCH3 is 1. The van der Waals surface area contributed by atoms with Gasteiger partial charge in [-0.1, -0.05) is 42.0 Å². The molecule has 1 fully saturated rings. The molecule has 1 aliphatic heterocycles. The molecule has 0 aromatic heterocycles. The molecule has 0 spiro atoms. The maximum absolute atomic E-state index is 12.4. The molecule has 5 heteroatoms. The summed E-state index contributed by atoms with van der Waals surface area (Å²) in [6.45, 7) is 5.92.